The van der Waals surface area contributed by atoms with Gasteiger partial charge in [0.25, 0.3) is 5.91 Å². The molecular weight excluding hydrogens is 370 g/mol. The van der Waals surface area contributed by atoms with Crippen LogP contribution < -0.4 is 0 Å². The van der Waals surface area contributed by atoms with Crippen molar-refractivity contribution in [2.75, 3.05) is 13.1 Å². The van der Waals surface area contributed by atoms with Gasteiger partial charge in [0.05, 0.1) is 13.0 Å². The van der Waals surface area contributed by atoms with Crippen LogP contribution in [0.1, 0.15) is 54.7 Å². The zero-order chi connectivity index (χ0) is 20.4. The Labute approximate surface area is 169 Å². The average molecular weight is 395 g/mol. The monoisotopic (exact) mass is 395 g/mol. The molecule has 1 fully saturated rings. The minimum atomic E-state index is 0.00951. The molecule has 29 heavy (non-hydrogen) atoms. The van der Waals surface area contributed by atoms with Gasteiger partial charge in [0, 0.05) is 30.6 Å². The van der Waals surface area contributed by atoms with Crippen LogP contribution in [0.5, 0.6) is 0 Å². The van der Waals surface area contributed by atoms with Crippen molar-refractivity contribution in [3.05, 3.63) is 41.5 Å². The molecule has 2 aromatic heterocycles. The first-order chi connectivity index (χ1) is 14.0. The van der Waals surface area contributed by atoms with Gasteiger partial charge in [0.15, 0.2) is 5.82 Å². The number of hydrogen-bond acceptors (Lipinski definition) is 7. The number of piperidine rings is 1. The van der Waals surface area contributed by atoms with Crippen LogP contribution in [0, 0.1) is 5.92 Å². The lowest BCUT2D eigenvalue weighted by atomic mass is 9.97. The molecule has 0 spiro atoms. The quantitative estimate of drug-likeness (QED) is 0.654. The van der Waals surface area contributed by atoms with Crippen molar-refractivity contribution >= 4 is 5.91 Å². The molecule has 1 aliphatic rings. The number of carbonyl (C=O) groups is 1. The third kappa shape index (κ3) is 4.33. The molecule has 3 aromatic rings. The summed E-state index contributed by atoms with van der Waals surface area (Å²) in [4.78, 5) is 20.8. The van der Waals surface area contributed by atoms with Gasteiger partial charge < -0.3 is 9.42 Å². The van der Waals surface area contributed by atoms with Crippen LogP contribution in [0.2, 0.25) is 0 Å². The maximum absolute atomic E-state index is 13.0. The molecule has 1 unspecified atom stereocenters. The summed E-state index contributed by atoms with van der Waals surface area (Å²) in [6.07, 6.45) is 2.66. The first-order valence-electron chi connectivity index (χ1n) is 9.96. The van der Waals surface area contributed by atoms with Crippen molar-refractivity contribution in [3.8, 4) is 11.4 Å². The third-order valence-corrected chi connectivity index (χ3v) is 5.03. The van der Waals surface area contributed by atoms with Crippen LogP contribution in [0.15, 0.2) is 28.8 Å². The van der Waals surface area contributed by atoms with Gasteiger partial charge in [-0.1, -0.05) is 31.1 Å². The fourth-order valence-corrected chi connectivity index (χ4v) is 3.59. The lowest BCUT2D eigenvalue weighted by Gasteiger charge is -2.31. The van der Waals surface area contributed by atoms with Gasteiger partial charge in [-0.05, 0) is 36.1 Å². The number of aryl methyl sites for hydroxylation is 1. The number of nitrogens with zero attached hydrogens (tertiary/aromatic N) is 7. The normalized spacial score (nSPS) is 17.1. The van der Waals surface area contributed by atoms with Gasteiger partial charge >= 0.3 is 0 Å². The highest BCUT2D eigenvalue weighted by atomic mass is 16.5. The Morgan fingerprint density at radius 3 is 2.76 bits per heavy atom. The van der Waals surface area contributed by atoms with E-state index in [2.05, 4.69) is 39.4 Å². The molecule has 3 heterocycles. The van der Waals surface area contributed by atoms with Gasteiger partial charge in [0.1, 0.15) is 0 Å². The van der Waals surface area contributed by atoms with Crippen molar-refractivity contribution in [1.29, 1.82) is 0 Å². The van der Waals surface area contributed by atoms with E-state index in [1.807, 2.05) is 29.2 Å². The standard InChI is InChI=1S/C20H25N7O2/c1-13(2)11-17-21-19(29-24-17)16-5-4-10-27(12-16)20(28)15-8-6-14(7-9-15)18-22-25-26(3)23-18/h6-9,13,16H,4-5,10-12H2,1-3H3. The molecule has 0 bridgehead atoms. The van der Waals surface area contributed by atoms with Crippen LogP contribution >= 0.6 is 0 Å². The zero-order valence-corrected chi connectivity index (χ0v) is 16.9. The Bertz CT molecular complexity index is 977. The lowest BCUT2D eigenvalue weighted by Crippen LogP contribution is -2.39. The summed E-state index contributed by atoms with van der Waals surface area (Å²) in [5, 5.41) is 16.1. The summed E-state index contributed by atoms with van der Waals surface area (Å²) in [7, 11) is 1.72. The first-order valence-corrected chi connectivity index (χ1v) is 9.96. The summed E-state index contributed by atoms with van der Waals surface area (Å²) in [5.74, 6) is 2.50. The fourth-order valence-electron chi connectivity index (χ4n) is 3.59. The van der Waals surface area contributed by atoms with Crippen LogP contribution in [-0.2, 0) is 13.5 Å². The Balaban J connectivity index is 1.44. The molecule has 0 aliphatic carbocycles. The maximum Gasteiger partial charge on any atom is 0.253 e. The lowest BCUT2D eigenvalue weighted by molar-refractivity contribution is 0.0695. The van der Waals surface area contributed by atoms with Crippen LogP contribution in [0.4, 0.5) is 0 Å². The average Bonchev–Trinajstić information content (AvgIpc) is 3.36. The smallest absolute Gasteiger partial charge is 0.253 e. The molecule has 0 N–H and O–H groups in total. The highest BCUT2D eigenvalue weighted by molar-refractivity contribution is 5.94. The summed E-state index contributed by atoms with van der Waals surface area (Å²) in [6, 6.07) is 7.32. The maximum atomic E-state index is 13.0. The number of tetrazole rings is 1. The number of likely N-dealkylation sites (tertiary alicyclic amines) is 1. The number of benzene rings is 1. The van der Waals surface area contributed by atoms with Crippen LogP contribution in [-0.4, -0.2) is 54.2 Å². The molecule has 1 amide bonds. The largest absolute Gasteiger partial charge is 0.339 e. The molecule has 9 heteroatoms. The van der Waals surface area contributed by atoms with Crippen LogP contribution in [0.3, 0.4) is 0 Å². The van der Waals surface area contributed by atoms with Gasteiger partial charge in [-0.25, -0.2) is 0 Å². The molecule has 1 saturated heterocycles. The molecule has 0 radical (unpaired) electrons. The van der Waals surface area contributed by atoms with Crippen molar-refractivity contribution in [2.24, 2.45) is 13.0 Å². The van der Waals surface area contributed by atoms with E-state index in [4.69, 9.17) is 4.52 Å². The molecule has 0 saturated carbocycles. The third-order valence-electron chi connectivity index (χ3n) is 5.03. The van der Waals surface area contributed by atoms with Gasteiger partial charge in [-0.15, -0.1) is 10.2 Å². The number of aromatic nitrogens is 6. The van der Waals surface area contributed by atoms with Gasteiger partial charge in [-0.3, -0.25) is 4.79 Å². The van der Waals surface area contributed by atoms with E-state index in [9.17, 15) is 4.79 Å². The van der Waals surface area contributed by atoms with Gasteiger partial charge in [0.2, 0.25) is 11.7 Å². The Hall–Kier alpha value is -3.10. The zero-order valence-electron chi connectivity index (χ0n) is 16.9. The molecule has 9 nitrogen and oxygen atoms in total. The number of rotatable bonds is 5. The van der Waals surface area contributed by atoms with Crippen molar-refractivity contribution in [1.82, 2.24) is 35.2 Å². The summed E-state index contributed by atoms with van der Waals surface area (Å²) in [5.41, 5.74) is 1.47. The summed E-state index contributed by atoms with van der Waals surface area (Å²) in [6.45, 7) is 5.58. The Morgan fingerprint density at radius 1 is 1.28 bits per heavy atom. The second-order valence-electron chi connectivity index (χ2n) is 7.92. The van der Waals surface area contributed by atoms with E-state index in [-0.39, 0.29) is 11.8 Å². The van der Waals surface area contributed by atoms with Crippen molar-refractivity contribution < 1.29 is 9.32 Å². The molecule has 1 atom stereocenters. The molecule has 1 aliphatic heterocycles. The predicted molar refractivity (Wildman–Crippen MR) is 105 cm³/mol. The van der Waals surface area contributed by atoms with Crippen molar-refractivity contribution in [3.63, 3.8) is 0 Å². The highest BCUT2D eigenvalue weighted by Crippen LogP contribution is 2.27. The molecule has 4 rings (SSSR count). The summed E-state index contributed by atoms with van der Waals surface area (Å²) >= 11 is 0. The fraction of sp³-hybridized carbons (Fsp3) is 0.500. The van der Waals surface area contributed by atoms with E-state index in [1.165, 1.54) is 4.80 Å². The van der Waals surface area contributed by atoms with E-state index >= 15 is 0 Å². The van der Waals surface area contributed by atoms with E-state index in [0.717, 1.165) is 37.2 Å². The van der Waals surface area contributed by atoms with E-state index in [0.29, 0.717) is 29.7 Å². The first kappa shape index (κ1) is 19.2. The molecule has 152 valence electrons. The molecular formula is C20H25N7O2. The van der Waals surface area contributed by atoms with E-state index < -0.39 is 0 Å². The number of hydrogen-bond donors (Lipinski definition) is 0. The predicted octanol–water partition coefficient (Wildman–Crippen LogP) is 2.48. The summed E-state index contributed by atoms with van der Waals surface area (Å²) < 4.78 is 5.48. The van der Waals surface area contributed by atoms with E-state index in [1.54, 1.807) is 7.05 Å². The second kappa shape index (κ2) is 8.10. The minimum Gasteiger partial charge on any atom is -0.339 e. The molecule has 1 aromatic carbocycles. The highest BCUT2D eigenvalue weighted by Gasteiger charge is 2.29. The van der Waals surface area contributed by atoms with Crippen LogP contribution in [0.25, 0.3) is 11.4 Å². The number of carbonyl (C=O) groups excluding carboxylic acids is 1. The SMILES string of the molecule is CC(C)Cc1noc(C2CCCN(C(=O)c3ccc(-c4nnn(C)n4)cc3)C2)n1. The Kier molecular flexibility index (Phi) is 5.37. The second-order valence-corrected chi connectivity index (χ2v) is 7.92. The minimum absolute atomic E-state index is 0.00951. The topological polar surface area (TPSA) is 103 Å². The van der Waals surface area contributed by atoms with Crippen molar-refractivity contribution in [2.45, 2.75) is 39.0 Å². The van der Waals surface area contributed by atoms with Gasteiger partial charge in [-0.2, -0.15) is 9.78 Å². The Morgan fingerprint density at radius 2 is 2.07 bits per heavy atom. The number of amides is 1.